The van der Waals surface area contributed by atoms with Crippen LogP contribution in [0, 0.1) is 6.92 Å². The highest BCUT2D eigenvalue weighted by molar-refractivity contribution is 5.75. The number of rotatable bonds is 5. The molecule has 1 atom stereocenters. The molecule has 0 bridgehead atoms. The first-order valence-electron chi connectivity index (χ1n) is 5.48. The lowest BCUT2D eigenvalue weighted by atomic mass is 10.3. The SMILES string of the molecule is Cc1cc[n+](CCC(=O)NCC(C)O)cc1. The Bertz CT molecular complexity index is 333. The molecular weight excluding hydrogens is 204 g/mol. The van der Waals surface area contributed by atoms with Crippen LogP contribution in [0.4, 0.5) is 0 Å². The van der Waals surface area contributed by atoms with Gasteiger partial charge in [-0.05, 0) is 19.4 Å². The first-order valence-corrected chi connectivity index (χ1v) is 5.48. The number of aliphatic hydroxyl groups is 1. The number of hydrogen-bond acceptors (Lipinski definition) is 2. The van der Waals surface area contributed by atoms with Crippen molar-refractivity contribution in [1.29, 1.82) is 0 Å². The molecule has 88 valence electrons. The Hall–Kier alpha value is -1.42. The van der Waals surface area contributed by atoms with Crippen LogP contribution in [0.2, 0.25) is 0 Å². The molecule has 1 aromatic heterocycles. The number of carbonyl (C=O) groups is 1. The fourth-order valence-corrected chi connectivity index (χ4v) is 1.26. The molecule has 0 aliphatic heterocycles. The summed E-state index contributed by atoms with van der Waals surface area (Å²) in [4.78, 5) is 11.4. The smallest absolute Gasteiger partial charge is 0.226 e. The number of carbonyl (C=O) groups excluding carboxylic acids is 1. The van der Waals surface area contributed by atoms with Gasteiger partial charge in [-0.2, -0.15) is 0 Å². The molecule has 1 aromatic rings. The minimum absolute atomic E-state index is 0.0334. The largest absolute Gasteiger partial charge is 0.392 e. The third kappa shape index (κ3) is 4.89. The summed E-state index contributed by atoms with van der Waals surface area (Å²) < 4.78 is 1.97. The van der Waals surface area contributed by atoms with Crippen molar-refractivity contribution in [1.82, 2.24) is 5.32 Å². The molecular formula is C12H19N2O2+. The number of aromatic nitrogens is 1. The van der Waals surface area contributed by atoms with Gasteiger partial charge in [0.2, 0.25) is 5.91 Å². The first kappa shape index (κ1) is 12.6. The van der Waals surface area contributed by atoms with E-state index in [0.29, 0.717) is 19.5 Å². The zero-order valence-corrected chi connectivity index (χ0v) is 9.81. The Balaban J connectivity index is 2.29. The second kappa shape index (κ2) is 6.23. The maximum Gasteiger partial charge on any atom is 0.226 e. The van der Waals surface area contributed by atoms with E-state index < -0.39 is 6.10 Å². The normalized spacial score (nSPS) is 12.2. The molecule has 1 heterocycles. The van der Waals surface area contributed by atoms with Crippen molar-refractivity contribution >= 4 is 5.91 Å². The van der Waals surface area contributed by atoms with E-state index in [0.717, 1.165) is 0 Å². The Morgan fingerprint density at radius 2 is 2.12 bits per heavy atom. The van der Waals surface area contributed by atoms with Crippen LogP contribution in [-0.2, 0) is 11.3 Å². The summed E-state index contributed by atoms with van der Waals surface area (Å²) in [5.41, 5.74) is 1.20. The number of amides is 1. The van der Waals surface area contributed by atoms with E-state index in [-0.39, 0.29) is 5.91 Å². The predicted octanol–water partition coefficient (Wildman–Crippen LogP) is 0.170. The summed E-state index contributed by atoms with van der Waals surface area (Å²) >= 11 is 0. The molecule has 1 unspecified atom stereocenters. The quantitative estimate of drug-likeness (QED) is 0.699. The fraction of sp³-hybridized carbons (Fsp3) is 0.500. The van der Waals surface area contributed by atoms with Gasteiger partial charge in [0.15, 0.2) is 18.9 Å². The summed E-state index contributed by atoms with van der Waals surface area (Å²) in [6.07, 6.45) is 3.85. The van der Waals surface area contributed by atoms with Crippen molar-refractivity contribution in [3.63, 3.8) is 0 Å². The highest BCUT2D eigenvalue weighted by Gasteiger charge is 2.06. The molecule has 0 fully saturated rings. The summed E-state index contributed by atoms with van der Waals surface area (Å²) in [7, 11) is 0. The zero-order chi connectivity index (χ0) is 12.0. The summed E-state index contributed by atoms with van der Waals surface area (Å²) in [6.45, 7) is 4.65. The molecule has 1 amide bonds. The average molecular weight is 223 g/mol. The summed E-state index contributed by atoms with van der Waals surface area (Å²) in [5.74, 6) is -0.0334. The zero-order valence-electron chi connectivity index (χ0n) is 9.81. The number of aryl methyl sites for hydroxylation is 2. The molecule has 0 saturated carbocycles. The molecule has 0 saturated heterocycles. The van der Waals surface area contributed by atoms with E-state index >= 15 is 0 Å². The number of nitrogens with zero attached hydrogens (tertiary/aromatic N) is 1. The number of hydrogen-bond donors (Lipinski definition) is 2. The molecule has 4 heteroatoms. The van der Waals surface area contributed by atoms with Gasteiger partial charge >= 0.3 is 0 Å². The van der Waals surface area contributed by atoms with Gasteiger partial charge in [-0.15, -0.1) is 0 Å². The van der Waals surface area contributed by atoms with Crippen LogP contribution in [-0.4, -0.2) is 23.7 Å². The summed E-state index contributed by atoms with van der Waals surface area (Å²) in [6, 6.07) is 4.02. The van der Waals surface area contributed by atoms with E-state index in [1.54, 1.807) is 6.92 Å². The topological polar surface area (TPSA) is 53.2 Å². The maximum atomic E-state index is 11.4. The molecule has 0 spiro atoms. The minimum Gasteiger partial charge on any atom is -0.392 e. The van der Waals surface area contributed by atoms with Crippen LogP contribution in [0.5, 0.6) is 0 Å². The van der Waals surface area contributed by atoms with Crippen molar-refractivity contribution in [2.75, 3.05) is 6.54 Å². The van der Waals surface area contributed by atoms with E-state index in [2.05, 4.69) is 5.32 Å². The van der Waals surface area contributed by atoms with E-state index in [9.17, 15) is 4.79 Å². The highest BCUT2D eigenvalue weighted by atomic mass is 16.3. The number of nitrogens with one attached hydrogen (secondary N) is 1. The van der Waals surface area contributed by atoms with Gasteiger partial charge in [-0.25, -0.2) is 4.57 Å². The fourth-order valence-electron chi connectivity index (χ4n) is 1.26. The second-order valence-electron chi connectivity index (χ2n) is 4.02. The van der Waals surface area contributed by atoms with Gasteiger partial charge in [-0.3, -0.25) is 4.79 Å². The van der Waals surface area contributed by atoms with Crippen molar-refractivity contribution < 1.29 is 14.5 Å². The van der Waals surface area contributed by atoms with Crippen LogP contribution in [0.1, 0.15) is 18.9 Å². The number of pyridine rings is 1. The second-order valence-corrected chi connectivity index (χ2v) is 4.02. The predicted molar refractivity (Wildman–Crippen MR) is 60.7 cm³/mol. The Labute approximate surface area is 95.9 Å². The van der Waals surface area contributed by atoms with Crippen LogP contribution in [0.3, 0.4) is 0 Å². The molecule has 0 aliphatic rings. The van der Waals surface area contributed by atoms with Gasteiger partial charge in [0, 0.05) is 18.7 Å². The van der Waals surface area contributed by atoms with E-state index in [1.165, 1.54) is 5.56 Å². The van der Waals surface area contributed by atoms with Gasteiger partial charge < -0.3 is 10.4 Å². The Morgan fingerprint density at radius 3 is 2.69 bits per heavy atom. The molecule has 0 aliphatic carbocycles. The van der Waals surface area contributed by atoms with E-state index in [1.807, 2.05) is 36.0 Å². The lowest BCUT2D eigenvalue weighted by Crippen LogP contribution is -2.37. The third-order valence-corrected chi connectivity index (χ3v) is 2.25. The Kier molecular flexibility index (Phi) is 4.92. The Morgan fingerprint density at radius 1 is 1.50 bits per heavy atom. The van der Waals surface area contributed by atoms with Crippen LogP contribution in [0.25, 0.3) is 0 Å². The molecule has 16 heavy (non-hydrogen) atoms. The van der Waals surface area contributed by atoms with Crippen molar-refractivity contribution in [2.45, 2.75) is 32.9 Å². The standard InChI is InChI=1S/C12H18N2O2/c1-10-3-6-14(7-4-10)8-5-12(16)13-9-11(2)15/h3-4,6-7,11,15H,5,8-9H2,1-2H3/p+1. The minimum atomic E-state index is -0.490. The van der Waals surface area contributed by atoms with Gasteiger partial charge in [0.25, 0.3) is 0 Å². The monoisotopic (exact) mass is 223 g/mol. The molecule has 0 aromatic carbocycles. The maximum absolute atomic E-state index is 11.4. The lowest BCUT2D eigenvalue weighted by molar-refractivity contribution is -0.695. The van der Waals surface area contributed by atoms with Gasteiger partial charge in [0.05, 0.1) is 12.5 Å². The molecule has 2 N–H and O–H groups in total. The lowest BCUT2D eigenvalue weighted by Gasteiger charge is -2.05. The van der Waals surface area contributed by atoms with Crippen molar-refractivity contribution in [2.24, 2.45) is 0 Å². The van der Waals surface area contributed by atoms with Crippen LogP contribution in [0.15, 0.2) is 24.5 Å². The number of aliphatic hydroxyl groups excluding tert-OH is 1. The molecule has 1 rings (SSSR count). The molecule has 0 radical (unpaired) electrons. The highest BCUT2D eigenvalue weighted by Crippen LogP contribution is 1.90. The summed E-state index contributed by atoms with van der Waals surface area (Å²) in [5, 5.41) is 11.7. The van der Waals surface area contributed by atoms with Gasteiger partial charge in [0.1, 0.15) is 0 Å². The van der Waals surface area contributed by atoms with Crippen molar-refractivity contribution in [3.8, 4) is 0 Å². The van der Waals surface area contributed by atoms with Crippen LogP contribution < -0.4 is 9.88 Å². The van der Waals surface area contributed by atoms with Crippen LogP contribution >= 0.6 is 0 Å². The molecule has 4 nitrogen and oxygen atoms in total. The first-order chi connectivity index (χ1) is 7.58. The average Bonchev–Trinajstić information content (AvgIpc) is 2.25. The van der Waals surface area contributed by atoms with E-state index in [4.69, 9.17) is 5.11 Å². The van der Waals surface area contributed by atoms with Gasteiger partial charge in [-0.1, -0.05) is 0 Å². The third-order valence-electron chi connectivity index (χ3n) is 2.25. The van der Waals surface area contributed by atoms with Crippen molar-refractivity contribution in [3.05, 3.63) is 30.1 Å².